The van der Waals surface area contributed by atoms with Crippen LogP contribution in [0, 0.1) is 32.4 Å². The van der Waals surface area contributed by atoms with E-state index < -0.39 is 11.6 Å². The average Bonchev–Trinajstić information content (AvgIpc) is 2.53. The van der Waals surface area contributed by atoms with Crippen molar-refractivity contribution in [1.29, 1.82) is 0 Å². The normalized spacial score (nSPS) is 10.8. The van der Waals surface area contributed by atoms with Crippen LogP contribution in [0.25, 0.3) is 0 Å². The van der Waals surface area contributed by atoms with Crippen LogP contribution in [-0.2, 0) is 5.75 Å². The predicted molar refractivity (Wildman–Crippen MR) is 98.7 cm³/mol. The summed E-state index contributed by atoms with van der Waals surface area (Å²) in [4.78, 5) is 8.66. The van der Waals surface area contributed by atoms with Crippen LogP contribution in [-0.4, -0.2) is 9.97 Å². The van der Waals surface area contributed by atoms with Crippen LogP contribution in [0.3, 0.4) is 0 Å². The highest BCUT2D eigenvalue weighted by molar-refractivity contribution is 7.98. The molecule has 2 aromatic carbocycles. The van der Waals surface area contributed by atoms with E-state index in [-0.39, 0.29) is 11.3 Å². The molecule has 0 bridgehead atoms. The van der Waals surface area contributed by atoms with Gasteiger partial charge in [0.1, 0.15) is 17.4 Å². The second kappa shape index (κ2) is 7.83. The molecule has 26 heavy (non-hydrogen) atoms. The van der Waals surface area contributed by atoms with E-state index in [0.29, 0.717) is 16.8 Å². The number of ether oxygens (including phenoxy) is 1. The SMILES string of the molecule is Cc1cc(C)cc(Oc2cc(C)nc(SCc3c(F)cccc3F)n2)c1. The van der Waals surface area contributed by atoms with Crippen molar-refractivity contribution in [1.82, 2.24) is 9.97 Å². The average molecular weight is 372 g/mol. The van der Waals surface area contributed by atoms with Gasteiger partial charge in [-0.25, -0.2) is 13.8 Å². The monoisotopic (exact) mass is 372 g/mol. The molecule has 0 aliphatic heterocycles. The summed E-state index contributed by atoms with van der Waals surface area (Å²) < 4.78 is 33.4. The summed E-state index contributed by atoms with van der Waals surface area (Å²) in [5.74, 6) is 0.0507. The lowest BCUT2D eigenvalue weighted by Crippen LogP contribution is -1.97. The molecule has 0 unspecified atom stereocenters. The summed E-state index contributed by atoms with van der Waals surface area (Å²) >= 11 is 1.16. The number of hydrogen-bond donors (Lipinski definition) is 0. The molecule has 6 heteroatoms. The van der Waals surface area contributed by atoms with E-state index in [2.05, 4.69) is 16.0 Å². The van der Waals surface area contributed by atoms with Crippen LogP contribution in [0.15, 0.2) is 47.6 Å². The Bertz CT molecular complexity index is 907. The molecular weight excluding hydrogens is 354 g/mol. The fourth-order valence-corrected chi connectivity index (χ4v) is 3.46. The lowest BCUT2D eigenvalue weighted by atomic mass is 10.1. The maximum Gasteiger partial charge on any atom is 0.223 e. The molecule has 0 aliphatic carbocycles. The highest BCUT2D eigenvalue weighted by Crippen LogP contribution is 2.27. The van der Waals surface area contributed by atoms with Crippen LogP contribution in [0.4, 0.5) is 8.78 Å². The quantitative estimate of drug-likeness (QED) is 0.421. The van der Waals surface area contributed by atoms with Gasteiger partial charge in [0.05, 0.1) is 0 Å². The Morgan fingerprint density at radius 1 is 0.923 bits per heavy atom. The molecule has 0 saturated heterocycles. The van der Waals surface area contributed by atoms with Gasteiger partial charge in [0.2, 0.25) is 5.88 Å². The highest BCUT2D eigenvalue weighted by Gasteiger charge is 2.11. The van der Waals surface area contributed by atoms with Crippen molar-refractivity contribution < 1.29 is 13.5 Å². The number of benzene rings is 2. The lowest BCUT2D eigenvalue weighted by molar-refractivity contribution is 0.454. The summed E-state index contributed by atoms with van der Waals surface area (Å²) in [5.41, 5.74) is 2.92. The Morgan fingerprint density at radius 2 is 1.58 bits per heavy atom. The minimum Gasteiger partial charge on any atom is -0.439 e. The van der Waals surface area contributed by atoms with Crippen molar-refractivity contribution in [2.24, 2.45) is 0 Å². The van der Waals surface area contributed by atoms with E-state index in [1.165, 1.54) is 18.2 Å². The van der Waals surface area contributed by atoms with Gasteiger partial charge in [0, 0.05) is 23.1 Å². The first-order valence-corrected chi connectivity index (χ1v) is 9.07. The lowest BCUT2D eigenvalue weighted by Gasteiger charge is -2.09. The predicted octanol–water partition coefficient (Wildman–Crippen LogP) is 5.76. The van der Waals surface area contributed by atoms with Crippen LogP contribution in [0.2, 0.25) is 0 Å². The van der Waals surface area contributed by atoms with Gasteiger partial charge in [-0.05, 0) is 56.2 Å². The fraction of sp³-hybridized carbons (Fsp3) is 0.200. The molecular formula is C20H18F2N2OS. The van der Waals surface area contributed by atoms with E-state index >= 15 is 0 Å². The van der Waals surface area contributed by atoms with Gasteiger partial charge >= 0.3 is 0 Å². The molecule has 134 valence electrons. The Hall–Kier alpha value is -2.47. The molecule has 3 rings (SSSR count). The molecule has 0 amide bonds. The van der Waals surface area contributed by atoms with Crippen molar-refractivity contribution in [3.8, 4) is 11.6 Å². The maximum absolute atomic E-state index is 13.8. The van der Waals surface area contributed by atoms with Crippen LogP contribution in [0.5, 0.6) is 11.6 Å². The van der Waals surface area contributed by atoms with E-state index in [1.54, 1.807) is 6.07 Å². The van der Waals surface area contributed by atoms with Gasteiger partial charge in [-0.15, -0.1) is 0 Å². The zero-order chi connectivity index (χ0) is 18.7. The van der Waals surface area contributed by atoms with Crippen molar-refractivity contribution in [2.45, 2.75) is 31.7 Å². The van der Waals surface area contributed by atoms with Crippen molar-refractivity contribution in [3.05, 3.63) is 76.5 Å². The van der Waals surface area contributed by atoms with Crippen molar-refractivity contribution in [3.63, 3.8) is 0 Å². The summed E-state index contributed by atoms with van der Waals surface area (Å²) in [6.07, 6.45) is 0. The summed E-state index contributed by atoms with van der Waals surface area (Å²) in [7, 11) is 0. The van der Waals surface area contributed by atoms with Gasteiger partial charge < -0.3 is 4.74 Å². The number of rotatable bonds is 5. The number of halogens is 2. The molecule has 0 fully saturated rings. The zero-order valence-corrected chi connectivity index (χ0v) is 15.5. The third-order valence-corrected chi connectivity index (χ3v) is 4.51. The van der Waals surface area contributed by atoms with Crippen molar-refractivity contribution >= 4 is 11.8 Å². The van der Waals surface area contributed by atoms with E-state index in [4.69, 9.17) is 4.74 Å². The fourth-order valence-electron chi connectivity index (χ4n) is 2.55. The highest BCUT2D eigenvalue weighted by atomic mass is 32.2. The molecule has 3 nitrogen and oxygen atoms in total. The van der Waals surface area contributed by atoms with E-state index in [0.717, 1.165) is 28.6 Å². The largest absolute Gasteiger partial charge is 0.439 e. The Kier molecular flexibility index (Phi) is 5.52. The van der Waals surface area contributed by atoms with Gasteiger partial charge in [0.15, 0.2) is 5.16 Å². The van der Waals surface area contributed by atoms with Crippen LogP contribution < -0.4 is 4.74 Å². The van der Waals surface area contributed by atoms with Gasteiger partial charge in [-0.2, -0.15) is 4.98 Å². The molecule has 0 atom stereocenters. The Morgan fingerprint density at radius 3 is 2.23 bits per heavy atom. The molecule has 0 saturated carbocycles. The van der Waals surface area contributed by atoms with Crippen molar-refractivity contribution in [2.75, 3.05) is 0 Å². The van der Waals surface area contributed by atoms with E-state index in [9.17, 15) is 8.78 Å². The first-order valence-electron chi connectivity index (χ1n) is 8.08. The van der Waals surface area contributed by atoms with Gasteiger partial charge in [-0.1, -0.05) is 23.9 Å². The molecule has 1 heterocycles. The first kappa shape index (κ1) is 18.3. The molecule has 0 aliphatic rings. The summed E-state index contributed by atoms with van der Waals surface area (Å²) in [5, 5.41) is 0.409. The second-order valence-corrected chi connectivity index (χ2v) is 6.99. The molecule has 0 N–H and O–H groups in total. The number of hydrogen-bond acceptors (Lipinski definition) is 4. The maximum atomic E-state index is 13.8. The zero-order valence-electron chi connectivity index (χ0n) is 14.7. The third kappa shape index (κ3) is 4.58. The molecule has 3 aromatic rings. The minimum atomic E-state index is -0.572. The smallest absolute Gasteiger partial charge is 0.223 e. The Labute approximate surface area is 155 Å². The van der Waals surface area contributed by atoms with Gasteiger partial charge in [-0.3, -0.25) is 0 Å². The number of thioether (sulfide) groups is 1. The molecule has 0 radical (unpaired) electrons. The third-order valence-electron chi connectivity index (χ3n) is 3.64. The first-order chi connectivity index (χ1) is 12.4. The van der Waals surface area contributed by atoms with Gasteiger partial charge in [0.25, 0.3) is 0 Å². The minimum absolute atomic E-state index is 0.0133. The summed E-state index contributed by atoms with van der Waals surface area (Å²) in [6.45, 7) is 5.81. The number of aromatic nitrogens is 2. The number of aryl methyl sites for hydroxylation is 3. The van der Waals surface area contributed by atoms with Crippen LogP contribution in [0.1, 0.15) is 22.4 Å². The summed E-state index contributed by atoms with van der Waals surface area (Å²) in [6, 6.07) is 11.5. The Balaban J connectivity index is 1.79. The standard InChI is InChI=1S/C20H18F2N2OS/c1-12-7-13(2)9-15(8-12)25-19-10-14(3)23-20(24-19)26-11-16-17(21)5-4-6-18(16)22/h4-10H,11H2,1-3H3. The second-order valence-electron chi connectivity index (χ2n) is 6.04. The van der Waals surface area contributed by atoms with E-state index in [1.807, 2.05) is 32.9 Å². The number of nitrogens with zero attached hydrogens (tertiary/aromatic N) is 2. The molecule has 1 aromatic heterocycles. The van der Waals surface area contributed by atoms with Crippen LogP contribution >= 0.6 is 11.8 Å². The topological polar surface area (TPSA) is 35.0 Å². The molecule has 0 spiro atoms.